The van der Waals surface area contributed by atoms with Crippen molar-refractivity contribution in [3.8, 4) is 11.8 Å². The number of benzene rings is 1. The van der Waals surface area contributed by atoms with Crippen molar-refractivity contribution in [2.24, 2.45) is 0 Å². The molecule has 0 saturated carbocycles. The molecule has 0 aliphatic carbocycles. The van der Waals surface area contributed by atoms with Crippen molar-refractivity contribution in [3.63, 3.8) is 0 Å². The molecule has 0 spiro atoms. The minimum Gasteiger partial charge on any atom is -0.504 e. The Hall–Kier alpha value is -1.35. The van der Waals surface area contributed by atoms with E-state index in [2.05, 4.69) is 15.4 Å². The van der Waals surface area contributed by atoms with Gasteiger partial charge in [0.15, 0.2) is 11.3 Å². The Morgan fingerprint density at radius 3 is 2.92 bits per heavy atom. The maximum atomic E-state index is 9.39. The van der Waals surface area contributed by atoms with Gasteiger partial charge in [-0.15, -0.1) is 5.10 Å². The first kappa shape index (κ1) is 9.74. The molecule has 6 heteroatoms. The summed E-state index contributed by atoms with van der Waals surface area (Å²) in [6.07, 6.45) is 0. The first-order valence-corrected chi connectivity index (χ1v) is 3.26. The van der Waals surface area contributed by atoms with E-state index in [4.69, 9.17) is 5.26 Å². The van der Waals surface area contributed by atoms with Crippen molar-refractivity contribution in [2.45, 2.75) is 0 Å². The molecule has 1 aromatic heterocycles. The first-order chi connectivity index (χ1) is 5.83. The molecule has 0 aliphatic heterocycles. The van der Waals surface area contributed by atoms with Gasteiger partial charge in [-0.3, -0.25) is 5.10 Å². The van der Waals surface area contributed by atoms with Crippen LogP contribution in [0.3, 0.4) is 0 Å². The third-order valence-corrected chi connectivity index (χ3v) is 1.59. The van der Waals surface area contributed by atoms with Crippen LogP contribution in [0.2, 0.25) is 0 Å². The summed E-state index contributed by atoms with van der Waals surface area (Å²) in [6.45, 7) is 0. The van der Waals surface area contributed by atoms with E-state index in [1.165, 1.54) is 6.07 Å². The van der Waals surface area contributed by atoms with E-state index in [0.717, 1.165) is 0 Å². The third-order valence-electron chi connectivity index (χ3n) is 1.59. The minimum atomic E-state index is -0.122. The van der Waals surface area contributed by atoms with Crippen LogP contribution in [0.25, 0.3) is 11.0 Å². The summed E-state index contributed by atoms with van der Waals surface area (Å²) in [5.41, 5.74) is 1.15. The van der Waals surface area contributed by atoms with Gasteiger partial charge in [-0.2, -0.15) is 5.26 Å². The second kappa shape index (κ2) is 3.58. The largest absolute Gasteiger partial charge is 0.504 e. The quantitative estimate of drug-likeness (QED) is 0.682. The molecule has 2 rings (SSSR count). The van der Waals surface area contributed by atoms with Crippen LogP contribution in [0.1, 0.15) is 5.56 Å². The fourth-order valence-electron chi connectivity index (χ4n) is 0.990. The Morgan fingerprint density at radius 1 is 1.46 bits per heavy atom. The average Bonchev–Trinajstić information content (AvgIpc) is 2.53. The van der Waals surface area contributed by atoms with Crippen molar-refractivity contribution in [2.75, 3.05) is 0 Å². The maximum Gasteiger partial charge on any atom is 0.163 e. The van der Waals surface area contributed by atoms with Crippen LogP contribution in [0, 0.1) is 11.3 Å². The number of aromatic nitrogens is 3. The SMILES string of the molecule is N#Cc1ccc2[nH]nnc2c1O.[Ag]. The Labute approximate surface area is 88.9 Å². The smallest absolute Gasteiger partial charge is 0.163 e. The van der Waals surface area contributed by atoms with Crippen LogP contribution in [0.5, 0.6) is 5.75 Å². The van der Waals surface area contributed by atoms with Gasteiger partial charge in [0.1, 0.15) is 6.07 Å². The molecule has 1 heterocycles. The maximum absolute atomic E-state index is 9.39. The number of phenolic OH excluding ortho intramolecular Hbond substituents is 1. The van der Waals surface area contributed by atoms with E-state index in [1.54, 1.807) is 6.07 Å². The number of nitrogens with zero attached hydrogens (tertiary/aromatic N) is 3. The molecule has 13 heavy (non-hydrogen) atoms. The van der Waals surface area contributed by atoms with E-state index >= 15 is 0 Å². The number of aromatic amines is 1. The number of rotatable bonds is 0. The van der Waals surface area contributed by atoms with Gasteiger partial charge >= 0.3 is 0 Å². The van der Waals surface area contributed by atoms with Crippen molar-refractivity contribution in [1.82, 2.24) is 15.4 Å². The molecule has 5 nitrogen and oxygen atoms in total. The zero-order valence-corrected chi connectivity index (χ0v) is 7.73. The van der Waals surface area contributed by atoms with Crippen molar-refractivity contribution in [1.29, 1.82) is 5.26 Å². The van der Waals surface area contributed by atoms with E-state index in [-0.39, 0.29) is 33.7 Å². The van der Waals surface area contributed by atoms with Crippen molar-refractivity contribution >= 4 is 11.0 Å². The van der Waals surface area contributed by atoms with Crippen LogP contribution in [0.4, 0.5) is 0 Å². The van der Waals surface area contributed by atoms with Gasteiger partial charge < -0.3 is 5.11 Å². The van der Waals surface area contributed by atoms with Gasteiger partial charge in [-0.25, -0.2) is 0 Å². The van der Waals surface area contributed by atoms with Crippen LogP contribution in [0.15, 0.2) is 12.1 Å². The molecule has 1 aromatic carbocycles. The Balaban J connectivity index is 0.000000845. The summed E-state index contributed by atoms with van der Waals surface area (Å²) in [5, 5.41) is 27.6. The molecule has 0 aliphatic rings. The number of aromatic hydroxyl groups is 1. The monoisotopic (exact) mass is 267 g/mol. The number of hydrogen-bond donors (Lipinski definition) is 2. The molecule has 0 saturated heterocycles. The Bertz CT molecular complexity index is 473. The summed E-state index contributed by atoms with van der Waals surface area (Å²) < 4.78 is 0. The molecule has 2 aromatic rings. The molecule has 0 atom stereocenters. The number of nitriles is 1. The van der Waals surface area contributed by atoms with Gasteiger partial charge in [-0.05, 0) is 12.1 Å². The number of fused-ring (bicyclic) bond motifs is 1. The standard InChI is InChI=1S/C7H4N4O.Ag/c8-3-4-1-2-5-6(7(4)12)10-11-9-5;/h1-2,12H,(H,9,10,11);. The van der Waals surface area contributed by atoms with Crippen LogP contribution in [-0.4, -0.2) is 20.5 Å². The first-order valence-electron chi connectivity index (χ1n) is 3.26. The molecule has 69 valence electrons. The van der Waals surface area contributed by atoms with Crippen molar-refractivity contribution in [3.05, 3.63) is 17.7 Å². The summed E-state index contributed by atoms with van der Waals surface area (Å²) in [5.74, 6) is -0.122. The number of hydrogen-bond acceptors (Lipinski definition) is 4. The van der Waals surface area contributed by atoms with Gasteiger partial charge in [0.25, 0.3) is 0 Å². The topological polar surface area (TPSA) is 85.6 Å². The molecule has 0 unspecified atom stereocenters. The van der Waals surface area contributed by atoms with Crippen molar-refractivity contribution < 1.29 is 27.5 Å². The zero-order chi connectivity index (χ0) is 8.55. The molecular weight excluding hydrogens is 264 g/mol. The number of H-pyrrole nitrogens is 1. The van der Waals surface area contributed by atoms with Gasteiger partial charge in [0.05, 0.1) is 11.1 Å². The predicted molar refractivity (Wildman–Crippen MR) is 40.3 cm³/mol. The predicted octanol–water partition coefficient (Wildman–Crippen LogP) is 0.533. The third kappa shape index (κ3) is 1.42. The molecule has 0 bridgehead atoms. The summed E-state index contributed by atoms with van der Waals surface area (Å²) in [6, 6.07) is 5.00. The van der Waals surface area contributed by atoms with Crippen LogP contribution in [-0.2, 0) is 22.4 Å². The average molecular weight is 268 g/mol. The fourth-order valence-corrected chi connectivity index (χ4v) is 0.990. The second-order valence-corrected chi connectivity index (χ2v) is 2.28. The van der Waals surface area contributed by atoms with Gasteiger partial charge in [-0.1, -0.05) is 5.21 Å². The molecular formula is C7H4AgN4O. The Morgan fingerprint density at radius 2 is 2.23 bits per heavy atom. The summed E-state index contributed by atoms with van der Waals surface area (Å²) >= 11 is 0. The molecule has 2 N–H and O–H groups in total. The number of phenols is 1. The van der Waals surface area contributed by atoms with Crippen LogP contribution < -0.4 is 0 Å². The van der Waals surface area contributed by atoms with E-state index < -0.39 is 0 Å². The zero-order valence-electron chi connectivity index (χ0n) is 6.25. The summed E-state index contributed by atoms with van der Waals surface area (Å²) in [4.78, 5) is 0. The van der Waals surface area contributed by atoms with Gasteiger partial charge in [0, 0.05) is 22.4 Å². The van der Waals surface area contributed by atoms with E-state index in [0.29, 0.717) is 11.0 Å². The summed E-state index contributed by atoms with van der Waals surface area (Å²) in [7, 11) is 0. The molecule has 0 amide bonds. The Kier molecular flexibility index (Phi) is 2.68. The second-order valence-electron chi connectivity index (χ2n) is 2.28. The molecule has 0 fully saturated rings. The van der Waals surface area contributed by atoms with E-state index in [1.807, 2.05) is 6.07 Å². The normalized spacial score (nSPS) is 9.15. The molecule has 1 radical (unpaired) electrons. The fraction of sp³-hybridized carbons (Fsp3) is 0. The van der Waals surface area contributed by atoms with Gasteiger partial charge in [0.2, 0.25) is 0 Å². The number of nitrogens with one attached hydrogen (secondary N) is 1. The minimum absolute atomic E-state index is 0. The van der Waals surface area contributed by atoms with E-state index in [9.17, 15) is 5.11 Å². The van der Waals surface area contributed by atoms with Crippen LogP contribution >= 0.6 is 0 Å².